The summed E-state index contributed by atoms with van der Waals surface area (Å²) in [4.78, 5) is 43.2. The molecule has 162 valence electrons. The second-order valence-electron chi connectivity index (χ2n) is 8.61. The first-order valence-electron chi connectivity index (χ1n) is 11.3. The highest BCUT2D eigenvalue weighted by Crippen LogP contribution is 2.28. The van der Waals surface area contributed by atoms with E-state index < -0.39 is 0 Å². The number of piperazine rings is 1. The van der Waals surface area contributed by atoms with E-state index in [1.54, 1.807) is 4.90 Å². The van der Waals surface area contributed by atoms with Crippen molar-refractivity contribution in [1.29, 1.82) is 0 Å². The van der Waals surface area contributed by atoms with Gasteiger partial charge in [-0.25, -0.2) is 0 Å². The van der Waals surface area contributed by atoms with Gasteiger partial charge in [0.2, 0.25) is 17.7 Å². The number of carbonyl (C=O) groups excluding carboxylic acids is 3. The number of amides is 3. The van der Waals surface area contributed by atoms with Gasteiger partial charge < -0.3 is 15.1 Å². The van der Waals surface area contributed by atoms with Gasteiger partial charge in [-0.2, -0.15) is 0 Å². The first kappa shape index (κ1) is 20.8. The minimum Gasteiger partial charge on any atom is -0.353 e. The fourth-order valence-corrected chi connectivity index (χ4v) is 4.85. The second kappa shape index (κ2) is 9.60. The molecule has 1 N–H and O–H groups in total. The molecule has 3 amide bonds. The molecule has 1 aromatic rings. The number of fused-ring (bicyclic) bond motifs is 1. The van der Waals surface area contributed by atoms with Gasteiger partial charge in [0, 0.05) is 57.3 Å². The zero-order chi connectivity index (χ0) is 20.9. The van der Waals surface area contributed by atoms with Gasteiger partial charge in [0.1, 0.15) is 6.54 Å². The van der Waals surface area contributed by atoms with Crippen LogP contribution in [0.5, 0.6) is 0 Å². The Bertz CT molecular complexity index is 782. The van der Waals surface area contributed by atoms with Crippen molar-refractivity contribution in [2.75, 3.05) is 50.7 Å². The van der Waals surface area contributed by atoms with Crippen LogP contribution in [-0.2, 0) is 20.8 Å². The van der Waals surface area contributed by atoms with Crippen LogP contribution in [0.3, 0.4) is 0 Å². The molecule has 30 heavy (non-hydrogen) atoms. The van der Waals surface area contributed by atoms with Gasteiger partial charge in [-0.15, -0.1) is 0 Å². The van der Waals surface area contributed by atoms with Crippen molar-refractivity contribution in [3.63, 3.8) is 0 Å². The first-order chi connectivity index (χ1) is 14.6. The van der Waals surface area contributed by atoms with E-state index >= 15 is 0 Å². The maximum Gasteiger partial charge on any atom is 0.240 e. The number of nitrogens with one attached hydrogen (secondary N) is 1. The van der Waals surface area contributed by atoms with Gasteiger partial charge in [-0.3, -0.25) is 19.3 Å². The minimum absolute atomic E-state index is 0.00639. The Kier molecular flexibility index (Phi) is 6.67. The summed E-state index contributed by atoms with van der Waals surface area (Å²) in [6.07, 6.45) is 5.66. The molecule has 2 heterocycles. The average molecular weight is 413 g/mol. The van der Waals surface area contributed by atoms with Crippen molar-refractivity contribution in [1.82, 2.24) is 15.1 Å². The predicted molar refractivity (Wildman–Crippen MR) is 115 cm³/mol. The van der Waals surface area contributed by atoms with Crippen molar-refractivity contribution in [3.05, 3.63) is 29.8 Å². The predicted octanol–water partition coefficient (Wildman–Crippen LogP) is 1.42. The SMILES string of the molecule is O=C(CN1C(=O)CCc2ccccc21)NCCN1CCN(C(=O)C2CCCC2)CC1. The van der Waals surface area contributed by atoms with Gasteiger partial charge in [0.05, 0.1) is 0 Å². The maximum atomic E-state index is 12.5. The van der Waals surface area contributed by atoms with Gasteiger partial charge in [-0.1, -0.05) is 31.0 Å². The molecule has 7 nitrogen and oxygen atoms in total. The summed E-state index contributed by atoms with van der Waals surface area (Å²) in [5.74, 6) is 0.465. The molecular formula is C23H32N4O3. The number of hydrogen-bond acceptors (Lipinski definition) is 4. The largest absolute Gasteiger partial charge is 0.353 e. The van der Waals surface area contributed by atoms with Crippen LogP contribution in [0.25, 0.3) is 0 Å². The number of anilines is 1. The average Bonchev–Trinajstić information content (AvgIpc) is 3.31. The Labute approximate surface area is 178 Å². The highest BCUT2D eigenvalue weighted by molar-refractivity contribution is 6.01. The van der Waals surface area contributed by atoms with Crippen LogP contribution in [-0.4, -0.2) is 73.3 Å². The standard InChI is InChI=1S/C23H32N4O3/c28-21(17-27-20-8-4-3-5-18(20)9-10-22(27)29)24-11-12-25-13-15-26(16-14-25)23(30)19-6-1-2-7-19/h3-5,8,19H,1-2,6-7,9-17H2,(H,24,28). The van der Waals surface area contributed by atoms with Crippen molar-refractivity contribution < 1.29 is 14.4 Å². The molecule has 2 aliphatic heterocycles. The minimum atomic E-state index is -0.130. The molecule has 1 saturated carbocycles. The number of para-hydroxylation sites is 1. The van der Waals surface area contributed by atoms with E-state index in [1.807, 2.05) is 29.2 Å². The molecule has 0 aromatic heterocycles. The normalized spacial score (nSPS) is 20.3. The van der Waals surface area contributed by atoms with Crippen LogP contribution in [0.1, 0.15) is 37.7 Å². The van der Waals surface area contributed by atoms with Crippen LogP contribution in [0.15, 0.2) is 24.3 Å². The number of benzene rings is 1. The van der Waals surface area contributed by atoms with Crippen molar-refractivity contribution in [2.45, 2.75) is 38.5 Å². The summed E-state index contributed by atoms with van der Waals surface area (Å²) in [5.41, 5.74) is 1.97. The lowest BCUT2D eigenvalue weighted by Crippen LogP contribution is -2.51. The van der Waals surface area contributed by atoms with E-state index in [2.05, 4.69) is 10.2 Å². The lowest BCUT2D eigenvalue weighted by atomic mass is 10.0. The molecular weight excluding hydrogens is 380 g/mol. The summed E-state index contributed by atoms with van der Waals surface area (Å²) in [6, 6.07) is 7.79. The fraction of sp³-hybridized carbons (Fsp3) is 0.609. The third kappa shape index (κ3) is 4.83. The molecule has 1 aliphatic carbocycles. The molecule has 0 atom stereocenters. The van der Waals surface area contributed by atoms with Crippen molar-refractivity contribution in [2.24, 2.45) is 5.92 Å². The lowest BCUT2D eigenvalue weighted by Gasteiger charge is -2.36. The fourth-order valence-electron chi connectivity index (χ4n) is 4.85. The summed E-state index contributed by atoms with van der Waals surface area (Å²) in [6.45, 7) is 4.66. The maximum absolute atomic E-state index is 12.5. The van der Waals surface area contributed by atoms with Crippen LogP contribution in [0, 0.1) is 5.92 Å². The van der Waals surface area contributed by atoms with Gasteiger partial charge in [0.15, 0.2) is 0 Å². The third-order valence-electron chi connectivity index (χ3n) is 6.63. The number of carbonyl (C=O) groups is 3. The Hall–Kier alpha value is -2.41. The zero-order valence-electron chi connectivity index (χ0n) is 17.6. The molecule has 2 fully saturated rings. The molecule has 0 spiro atoms. The van der Waals surface area contributed by atoms with E-state index in [4.69, 9.17) is 0 Å². The number of rotatable bonds is 6. The molecule has 0 unspecified atom stereocenters. The van der Waals surface area contributed by atoms with Crippen LogP contribution >= 0.6 is 0 Å². The summed E-state index contributed by atoms with van der Waals surface area (Å²) < 4.78 is 0. The first-order valence-corrected chi connectivity index (χ1v) is 11.3. The Morgan fingerprint density at radius 2 is 1.73 bits per heavy atom. The van der Waals surface area contributed by atoms with E-state index in [9.17, 15) is 14.4 Å². The van der Waals surface area contributed by atoms with E-state index in [0.717, 1.165) is 63.2 Å². The van der Waals surface area contributed by atoms with Gasteiger partial charge in [-0.05, 0) is 30.9 Å². The van der Waals surface area contributed by atoms with Crippen molar-refractivity contribution >= 4 is 23.4 Å². The summed E-state index contributed by atoms with van der Waals surface area (Å²) in [5, 5.41) is 2.95. The molecule has 1 aromatic carbocycles. The zero-order valence-corrected chi connectivity index (χ0v) is 17.6. The summed E-state index contributed by atoms with van der Waals surface area (Å²) in [7, 11) is 0. The second-order valence-corrected chi connectivity index (χ2v) is 8.61. The molecule has 0 radical (unpaired) electrons. The van der Waals surface area contributed by atoms with Gasteiger partial charge in [0.25, 0.3) is 0 Å². The third-order valence-corrected chi connectivity index (χ3v) is 6.63. The monoisotopic (exact) mass is 412 g/mol. The van der Waals surface area contributed by atoms with Crippen molar-refractivity contribution in [3.8, 4) is 0 Å². The van der Waals surface area contributed by atoms with Crippen LogP contribution in [0.2, 0.25) is 0 Å². The Balaban J connectivity index is 1.18. The highest BCUT2D eigenvalue weighted by Gasteiger charge is 2.29. The molecule has 7 heteroatoms. The van der Waals surface area contributed by atoms with Crippen LogP contribution < -0.4 is 10.2 Å². The van der Waals surface area contributed by atoms with Crippen LogP contribution in [0.4, 0.5) is 5.69 Å². The Morgan fingerprint density at radius 3 is 2.50 bits per heavy atom. The molecule has 4 rings (SSSR count). The highest BCUT2D eigenvalue weighted by atomic mass is 16.2. The molecule has 3 aliphatic rings. The summed E-state index contributed by atoms with van der Waals surface area (Å²) >= 11 is 0. The van der Waals surface area contributed by atoms with E-state index in [1.165, 1.54) is 12.8 Å². The molecule has 0 bridgehead atoms. The lowest BCUT2D eigenvalue weighted by molar-refractivity contribution is -0.137. The number of hydrogen-bond donors (Lipinski definition) is 1. The quantitative estimate of drug-likeness (QED) is 0.767. The Morgan fingerprint density at radius 1 is 1.00 bits per heavy atom. The smallest absolute Gasteiger partial charge is 0.240 e. The topological polar surface area (TPSA) is 73.0 Å². The van der Waals surface area contributed by atoms with E-state index in [-0.39, 0.29) is 24.3 Å². The van der Waals surface area contributed by atoms with Gasteiger partial charge >= 0.3 is 0 Å². The number of nitrogens with zero attached hydrogens (tertiary/aromatic N) is 3. The number of aryl methyl sites for hydroxylation is 1. The molecule has 1 saturated heterocycles. The van der Waals surface area contributed by atoms with E-state index in [0.29, 0.717) is 18.9 Å².